The SMILES string of the molecule is CCN(Cc1ccc([N+](=O)[O-])c(F)c1)CC(C)(C)O. The van der Waals surface area contributed by atoms with Gasteiger partial charge in [0.1, 0.15) is 0 Å². The maximum Gasteiger partial charge on any atom is 0.304 e. The van der Waals surface area contributed by atoms with Crippen molar-refractivity contribution in [3.05, 3.63) is 39.7 Å². The topological polar surface area (TPSA) is 66.6 Å². The van der Waals surface area contributed by atoms with Crippen molar-refractivity contribution in [2.75, 3.05) is 13.1 Å². The van der Waals surface area contributed by atoms with Gasteiger partial charge in [-0.05, 0) is 32.0 Å². The number of likely N-dealkylation sites (N-methyl/N-ethyl adjacent to an activating group) is 1. The Balaban J connectivity index is 2.81. The summed E-state index contributed by atoms with van der Waals surface area (Å²) >= 11 is 0. The number of hydrogen-bond acceptors (Lipinski definition) is 4. The van der Waals surface area contributed by atoms with E-state index in [-0.39, 0.29) is 0 Å². The van der Waals surface area contributed by atoms with Crippen molar-refractivity contribution < 1.29 is 14.4 Å². The maximum atomic E-state index is 13.5. The van der Waals surface area contributed by atoms with Crippen molar-refractivity contribution in [3.8, 4) is 0 Å². The van der Waals surface area contributed by atoms with Crippen LogP contribution in [0.2, 0.25) is 0 Å². The van der Waals surface area contributed by atoms with Crippen LogP contribution in [0.15, 0.2) is 18.2 Å². The zero-order valence-electron chi connectivity index (χ0n) is 11.4. The van der Waals surface area contributed by atoms with Crippen LogP contribution < -0.4 is 0 Å². The molecular weight excluding hydrogens is 251 g/mol. The number of rotatable bonds is 6. The minimum atomic E-state index is -0.838. The summed E-state index contributed by atoms with van der Waals surface area (Å²) in [5.41, 5.74) is -0.710. The second-order valence-electron chi connectivity index (χ2n) is 5.16. The molecule has 1 N–H and O–H groups in total. The number of halogens is 1. The molecule has 1 aromatic carbocycles. The number of nitro groups is 1. The van der Waals surface area contributed by atoms with E-state index in [9.17, 15) is 19.6 Å². The highest BCUT2D eigenvalue weighted by Gasteiger charge is 2.19. The van der Waals surface area contributed by atoms with Crippen LogP contribution in [-0.4, -0.2) is 33.6 Å². The molecule has 0 aliphatic rings. The van der Waals surface area contributed by atoms with Crippen molar-refractivity contribution in [1.29, 1.82) is 0 Å². The van der Waals surface area contributed by atoms with Gasteiger partial charge in [-0.2, -0.15) is 4.39 Å². The lowest BCUT2D eigenvalue weighted by molar-refractivity contribution is -0.387. The first-order valence-electron chi connectivity index (χ1n) is 6.10. The fourth-order valence-corrected chi connectivity index (χ4v) is 1.88. The molecule has 5 nitrogen and oxygen atoms in total. The van der Waals surface area contributed by atoms with Crippen molar-refractivity contribution in [2.24, 2.45) is 0 Å². The summed E-state index contributed by atoms with van der Waals surface area (Å²) in [6.45, 7) is 6.92. The minimum Gasteiger partial charge on any atom is -0.389 e. The third-order valence-electron chi connectivity index (χ3n) is 2.67. The number of nitrogens with zero attached hydrogens (tertiary/aromatic N) is 2. The van der Waals surface area contributed by atoms with E-state index in [1.165, 1.54) is 18.2 Å². The molecule has 0 aliphatic heterocycles. The monoisotopic (exact) mass is 270 g/mol. The van der Waals surface area contributed by atoms with E-state index in [4.69, 9.17) is 0 Å². The van der Waals surface area contributed by atoms with Gasteiger partial charge in [0.25, 0.3) is 0 Å². The van der Waals surface area contributed by atoms with Gasteiger partial charge in [0, 0.05) is 19.2 Å². The summed E-state index contributed by atoms with van der Waals surface area (Å²) in [4.78, 5) is 11.7. The highest BCUT2D eigenvalue weighted by molar-refractivity contribution is 5.34. The summed E-state index contributed by atoms with van der Waals surface area (Å²) < 4.78 is 13.5. The first kappa shape index (κ1) is 15.5. The number of benzene rings is 1. The largest absolute Gasteiger partial charge is 0.389 e. The molecule has 0 aliphatic carbocycles. The molecule has 19 heavy (non-hydrogen) atoms. The zero-order valence-corrected chi connectivity index (χ0v) is 11.4. The van der Waals surface area contributed by atoms with Crippen molar-refractivity contribution in [3.63, 3.8) is 0 Å². The van der Waals surface area contributed by atoms with Crippen LogP contribution in [0.5, 0.6) is 0 Å². The van der Waals surface area contributed by atoms with E-state index in [1.54, 1.807) is 13.8 Å². The standard InChI is InChI=1S/C13H19FN2O3/c1-4-15(9-13(2,3)17)8-10-5-6-12(16(18)19)11(14)7-10/h5-7,17H,4,8-9H2,1-3H3. The lowest BCUT2D eigenvalue weighted by Gasteiger charge is -2.27. The fraction of sp³-hybridized carbons (Fsp3) is 0.538. The van der Waals surface area contributed by atoms with Crippen molar-refractivity contribution in [2.45, 2.75) is 32.9 Å². The van der Waals surface area contributed by atoms with E-state index in [0.29, 0.717) is 25.2 Å². The van der Waals surface area contributed by atoms with Gasteiger partial charge < -0.3 is 5.11 Å². The molecule has 0 radical (unpaired) electrons. The third-order valence-corrected chi connectivity index (χ3v) is 2.67. The predicted octanol–water partition coefficient (Wildman–Crippen LogP) is 2.33. The molecule has 0 fully saturated rings. The average molecular weight is 270 g/mol. The van der Waals surface area contributed by atoms with E-state index in [0.717, 1.165) is 0 Å². The van der Waals surface area contributed by atoms with Gasteiger partial charge >= 0.3 is 5.69 Å². The summed E-state index contributed by atoms with van der Waals surface area (Å²) in [7, 11) is 0. The third kappa shape index (κ3) is 4.92. The first-order chi connectivity index (χ1) is 8.73. The van der Waals surface area contributed by atoms with Crippen LogP contribution in [0.1, 0.15) is 26.3 Å². The summed E-state index contributed by atoms with van der Waals surface area (Å²) in [5, 5.41) is 20.3. The van der Waals surface area contributed by atoms with Crippen LogP contribution in [0.3, 0.4) is 0 Å². The van der Waals surface area contributed by atoms with Crippen LogP contribution in [-0.2, 0) is 6.54 Å². The van der Waals surface area contributed by atoms with Gasteiger partial charge in [0.15, 0.2) is 0 Å². The molecule has 1 aromatic rings. The molecule has 0 atom stereocenters. The minimum absolute atomic E-state index is 0.440. The van der Waals surface area contributed by atoms with Crippen LogP contribution >= 0.6 is 0 Å². The number of nitro benzene ring substituents is 1. The molecule has 6 heteroatoms. The second kappa shape index (κ2) is 6.08. The lowest BCUT2D eigenvalue weighted by atomic mass is 10.1. The molecule has 0 unspecified atom stereocenters. The summed E-state index contributed by atoms with van der Waals surface area (Å²) in [6.07, 6.45) is 0. The summed E-state index contributed by atoms with van der Waals surface area (Å²) in [6, 6.07) is 3.88. The Kier molecular flexibility index (Phi) is 4.97. The quantitative estimate of drug-likeness (QED) is 0.636. The Bertz CT molecular complexity index is 458. The van der Waals surface area contributed by atoms with Gasteiger partial charge in [-0.15, -0.1) is 0 Å². The second-order valence-corrected chi connectivity index (χ2v) is 5.16. The molecule has 106 valence electrons. The van der Waals surface area contributed by atoms with E-state index < -0.39 is 22.0 Å². The smallest absolute Gasteiger partial charge is 0.304 e. The Morgan fingerprint density at radius 1 is 1.47 bits per heavy atom. The van der Waals surface area contributed by atoms with E-state index in [1.807, 2.05) is 11.8 Å². The number of hydrogen-bond donors (Lipinski definition) is 1. The van der Waals surface area contributed by atoms with E-state index in [2.05, 4.69) is 0 Å². The van der Waals surface area contributed by atoms with Gasteiger partial charge in [0.05, 0.1) is 10.5 Å². The van der Waals surface area contributed by atoms with Gasteiger partial charge in [-0.3, -0.25) is 15.0 Å². The molecule has 0 spiro atoms. The highest BCUT2D eigenvalue weighted by atomic mass is 19.1. The van der Waals surface area contributed by atoms with Gasteiger partial charge in [0.2, 0.25) is 5.82 Å². The molecule has 0 aromatic heterocycles. The normalized spacial score (nSPS) is 11.9. The Hall–Kier alpha value is -1.53. The maximum absolute atomic E-state index is 13.5. The Labute approximate surface area is 111 Å². The molecule has 0 bridgehead atoms. The van der Waals surface area contributed by atoms with Crippen molar-refractivity contribution in [1.82, 2.24) is 4.90 Å². The molecule has 0 heterocycles. The Morgan fingerprint density at radius 2 is 2.11 bits per heavy atom. The first-order valence-corrected chi connectivity index (χ1v) is 6.10. The molecule has 1 rings (SSSR count). The van der Waals surface area contributed by atoms with Crippen LogP contribution in [0, 0.1) is 15.9 Å². The molecule has 0 amide bonds. The van der Waals surface area contributed by atoms with Gasteiger partial charge in [-0.1, -0.05) is 13.0 Å². The lowest BCUT2D eigenvalue weighted by Crippen LogP contribution is -2.38. The van der Waals surface area contributed by atoms with E-state index >= 15 is 0 Å². The average Bonchev–Trinajstić information content (AvgIpc) is 2.25. The van der Waals surface area contributed by atoms with Crippen LogP contribution in [0.4, 0.5) is 10.1 Å². The Morgan fingerprint density at radius 3 is 2.53 bits per heavy atom. The molecule has 0 saturated carbocycles. The summed E-state index contributed by atoms with van der Waals surface area (Å²) in [5.74, 6) is -0.832. The van der Waals surface area contributed by atoms with Crippen LogP contribution in [0.25, 0.3) is 0 Å². The predicted molar refractivity (Wildman–Crippen MR) is 70.3 cm³/mol. The highest BCUT2D eigenvalue weighted by Crippen LogP contribution is 2.19. The fourth-order valence-electron chi connectivity index (χ4n) is 1.88. The molecule has 0 saturated heterocycles. The zero-order chi connectivity index (χ0) is 14.6. The molecular formula is C13H19FN2O3. The van der Waals surface area contributed by atoms with Crippen molar-refractivity contribution >= 4 is 5.69 Å². The number of aliphatic hydroxyl groups is 1. The van der Waals surface area contributed by atoms with Gasteiger partial charge in [-0.25, -0.2) is 0 Å².